The summed E-state index contributed by atoms with van der Waals surface area (Å²) in [6, 6.07) is 4.36. The number of nitrogens with one attached hydrogen (secondary N) is 3. The van der Waals surface area contributed by atoms with Gasteiger partial charge in [-0.3, -0.25) is 10.00 Å². The topological polar surface area (TPSA) is 94.2 Å². The van der Waals surface area contributed by atoms with Gasteiger partial charge in [-0.15, -0.1) is 11.3 Å². The Kier molecular flexibility index (Phi) is 6.24. The Balaban J connectivity index is 1.20. The van der Waals surface area contributed by atoms with Crippen LogP contribution < -0.4 is 10.6 Å². The quantitative estimate of drug-likeness (QED) is 0.501. The van der Waals surface area contributed by atoms with E-state index in [1.54, 1.807) is 11.3 Å². The fraction of sp³-hybridized carbons (Fsp3) is 0.500. The van der Waals surface area contributed by atoms with E-state index in [1.807, 2.05) is 24.4 Å². The molecular formula is C22H30N8OS. The van der Waals surface area contributed by atoms with Crippen LogP contribution >= 0.6 is 11.3 Å². The number of H-pyrrole nitrogens is 1. The van der Waals surface area contributed by atoms with Gasteiger partial charge >= 0.3 is 0 Å². The number of hydrogen-bond acceptors (Lipinski definition) is 9. The number of likely N-dealkylation sites (tertiary alicyclic amines) is 1. The lowest BCUT2D eigenvalue weighted by atomic mass is 10.0. The van der Waals surface area contributed by atoms with Gasteiger partial charge < -0.3 is 20.3 Å². The number of rotatable bonds is 7. The van der Waals surface area contributed by atoms with Crippen LogP contribution in [0.3, 0.4) is 0 Å². The van der Waals surface area contributed by atoms with Gasteiger partial charge in [0.1, 0.15) is 10.6 Å². The number of aryl methyl sites for hydroxylation is 1. The minimum absolute atomic E-state index is 0.348. The van der Waals surface area contributed by atoms with Crippen LogP contribution in [0.2, 0.25) is 0 Å². The molecule has 5 rings (SSSR count). The van der Waals surface area contributed by atoms with E-state index in [9.17, 15) is 0 Å². The molecule has 3 N–H and O–H groups in total. The highest BCUT2D eigenvalue weighted by Crippen LogP contribution is 2.29. The molecule has 0 saturated carbocycles. The van der Waals surface area contributed by atoms with Crippen molar-refractivity contribution >= 4 is 39.1 Å². The SMILES string of the molecule is C=C(CN1CCOCC1)N1CCC(Nc2nc(Nc3cc(C)[nH]n3)c3ccsc3n2)CC1. The summed E-state index contributed by atoms with van der Waals surface area (Å²) in [4.78, 5) is 15.3. The van der Waals surface area contributed by atoms with E-state index < -0.39 is 0 Å². The maximum Gasteiger partial charge on any atom is 0.226 e. The molecule has 170 valence electrons. The van der Waals surface area contributed by atoms with E-state index in [0.29, 0.717) is 12.0 Å². The maximum atomic E-state index is 5.45. The highest BCUT2D eigenvalue weighted by Gasteiger charge is 2.23. The van der Waals surface area contributed by atoms with Gasteiger partial charge in [0.05, 0.1) is 18.6 Å². The average Bonchev–Trinajstić information content (AvgIpc) is 3.44. The Hall–Kier alpha value is -2.69. The lowest BCUT2D eigenvalue weighted by molar-refractivity contribution is 0.0386. The molecule has 0 bridgehead atoms. The molecule has 3 aromatic rings. The van der Waals surface area contributed by atoms with Crippen LogP contribution in [0.25, 0.3) is 10.2 Å². The standard InChI is InChI=1S/C22H30N8OS/c1-15-13-19(28-27-15)24-20-18-5-12-32-21(18)26-22(25-20)23-17-3-6-30(7-4-17)16(2)14-29-8-10-31-11-9-29/h5,12-13,17H,2-4,6-11,14H2,1H3,(H3,23,24,25,26,27,28). The number of hydrogen-bond donors (Lipinski definition) is 3. The molecule has 0 spiro atoms. The summed E-state index contributed by atoms with van der Waals surface area (Å²) in [7, 11) is 0. The van der Waals surface area contributed by atoms with Gasteiger partial charge in [-0.2, -0.15) is 10.1 Å². The first-order valence-corrected chi connectivity index (χ1v) is 12.1. The van der Waals surface area contributed by atoms with Crippen molar-refractivity contribution in [2.75, 3.05) is 56.6 Å². The Morgan fingerprint density at radius 2 is 2.06 bits per heavy atom. The second-order valence-electron chi connectivity index (χ2n) is 8.46. The fourth-order valence-electron chi connectivity index (χ4n) is 4.26. The summed E-state index contributed by atoms with van der Waals surface area (Å²) < 4.78 is 5.45. The third kappa shape index (κ3) is 4.87. The molecule has 2 fully saturated rings. The number of anilines is 3. The number of nitrogens with zero attached hydrogens (tertiary/aromatic N) is 5. The lowest BCUT2D eigenvalue weighted by Crippen LogP contribution is -2.43. The van der Waals surface area contributed by atoms with Gasteiger partial charge in [-0.25, -0.2) is 4.98 Å². The van der Waals surface area contributed by atoms with Crippen LogP contribution in [0.15, 0.2) is 29.8 Å². The average molecular weight is 455 g/mol. The Bertz CT molecular complexity index is 1070. The van der Waals surface area contributed by atoms with Gasteiger partial charge in [0.25, 0.3) is 0 Å². The van der Waals surface area contributed by atoms with Crippen molar-refractivity contribution in [2.45, 2.75) is 25.8 Å². The van der Waals surface area contributed by atoms with E-state index in [2.05, 4.69) is 37.2 Å². The molecule has 0 aliphatic carbocycles. The van der Waals surface area contributed by atoms with Crippen molar-refractivity contribution < 1.29 is 4.74 Å². The minimum Gasteiger partial charge on any atom is -0.379 e. The zero-order chi connectivity index (χ0) is 21.9. The highest BCUT2D eigenvalue weighted by molar-refractivity contribution is 7.16. The van der Waals surface area contributed by atoms with Crippen LogP contribution in [0, 0.1) is 6.92 Å². The largest absolute Gasteiger partial charge is 0.379 e. The van der Waals surface area contributed by atoms with Gasteiger partial charge in [0, 0.05) is 56.2 Å². The highest BCUT2D eigenvalue weighted by atomic mass is 32.1. The number of thiophene rings is 1. The number of aromatic amines is 1. The van der Waals surface area contributed by atoms with E-state index in [1.165, 1.54) is 5.70 Å². The molecule has 3 aromatic heterocycles. The van der Waals surface area contributed by atoms with Gasteiger partial charge in [-0.1, -0.05) is 6.58 Å². The van der Waals surface area contributed by atoms with Crippen molar-refractivity contribution in [3.05, 3.63) is 35.5 Å². The molecular weight excluding hydrogens is 424 g/mol. The van der Waals surface area contributed by atoms with E-state index >= 15 is 0 Å². The van der Waals surface area contributed by atoms with Crippen molar-refractivity contribution in [1.82, 2.24) is 30.0 Å². The molecule has 32 heavy (non-hydrogen) atoms. The van der Waals surface area contributed by atoms with E-state index in [0.717, 1.165) is 86.3 Å². The molecule has 2 aliphatic rings. The van der Waals surface area contributed by atoms with Gasteiger partial charge in [0.15, 0.2) is 5.82 Å². The molecule has 0 unspecified atom stereocenters. The van der Waals surface area contributed by atoms with E-state index in [-0.39, 0.29) is 0 Å². The smallest absolute Gasteiger partial charge is 0.226 e. The molecule has 0 radical (unpaired) electrons. The molecule has 2 aliphatic heterocycles. The normalized spacial score (nSPS) is 18.2. The zero-order valence-electron chi connectivity index (χ0n) is 18.4. The van der Waals surface area contributed by atoms with E-state index in [4.69, 9.17) is 14.7 Å². The predicted molar refractivity (Wildman–Crippen MR) is 129 cm³/mol. The Labute approximate surface area is 191 Å². The van der Waals surface area contributed by atoms with Crippen molar-refractivity contribution in [3.8, 4) is 0 Å². The number of piperidine rings is 1. The Morgan fingerprint density at radius 3 is 2.81 bits per heavy atom. The van der Waals surface area contributed by atoms with Crippen LogP contribution in [0.4, 0.5) is 17.6 Å². The second-order valence-corrected chi connectivity index (χ2v) is 9.35. The third-order valence-corrected chi connectivity index (χ3v) is 6.87. The number of morpholine rings is 1. The first-order chi connectivity index (χ1) is 15.6. The first-order valence-electron chi connectivity index (χ1n) is 11.2. The number of fused-ring (bicyclic) bond motifs is 1. The summed E-state index contributed by atoms with van der Waals surface area (Å²) in [6.45, 7) is 12.9. The third-order valence-electron chi connectivity index (χ3n) is 6.06. The van der Waals surface area contributed by atoms with Crippen LogP contribution in [-0.2, 0) is 4.74 Å². The summed E-state index contributed by atoms with van der Waals surface area (Å²) >= 11 is 1.62. The fourth-order valence-corrected chi connectivity index (χ4v) is 5.02. The van der Waals surface area contributed by atoms with Crippen molar-refractivity contribution in [1.29, 1.82) is 0 Å². The molecule has 9 nitrogen and oxygen atoms in total. The van der Waals surface area contributed by atoms with Gasteiger partial charge in [-0.05, 0) is 31.2 Å². The summed E-state index contributed by atoms with van der Waals surface area (Å²) in [5.74, 6) is 2.20. The maximum absolute atomic E-state index is 5.45. The number of aromatic nitrogens is 4. The van der Waals surface area contributed by atoms with Gasteiger partial charge in [0.2, 0.25) is 5.95 Å². The molecule has 5 heterocycles. The molecule has 2 saturated heterocycles. The molecule has 10 heteroatoms. The van der Waals surface area contributed by atoms with Crippen LogP contribution in [0.5, 0.6) is 0 Å². The molecule has 0 aromatic carbocycles. The minimum atomic E-state index is 0.348. The number of ether oxygens (including phenoxy) is 1. The second kappa shape index (κ2) is 9.43. The summed E-state index contributed by atoms with van der Waals surface area (Å²) in [5.41, 5.74) is 2.21. The Morgan fingerprint density at radius 1 is 1.25 bits per heavy atom. The first kappa shape index (κ1) is 21.2. The lowest BCUT2D eigenvalue weighted by Gasteiger charge is -2.37. The molecule has 0 amide bonds. The van der Waals surface area contributed by atoms with Crippen molar-refractivity contribution in [3.63, 3.8) is 0 Å². The zero-order valence-corrected chi connectivity index (χ0v) is 19.2. The van der Waals surface area contributed by atoms with Crippen LogP contribution in [-0.4, -0.2) is 81.9 Å². The van der Waals surface area contributed by atoms with Crippen molar-refractivity contribution in [2.24, 2.45) is 0 Å². The van der Waals surface area contributed by atoms with Crippen LogP contribution in [0.1, 0.15) is 18.5 Å². The molecule has 0 atom stereocenters. The monoisotopic (exact) mass is 454 g/mol. The summed E-state index contributed by atoms with van der Waals surface area (Å²) in [5, 5.41) is 17.2. The summed E-state index contributed by atoms with van der Waals surface area (Å²) in [6.07, 6.45) is 2.07. The predicted octanol–water partition coefficient (Wildman–Crippen LogP) is 3.19.